The lowest BCUT2D eigenvalue weighted by atomic mass is 10.0. The van der Waals surface area contributed by atoms with Crippen molar-refractivity contribution in [1.29, 1.82) is 0 Å². The molecule has 0 atom stereocenters. The van der Waals surface area contributed by atoms with Gasteiger partial charge in [0.05, 0.1) is 0 Å². The number of nitrogens with one attached hydrogen (secondary N) is 1. The molecule has 0 aromatic heterocycles. The van der Waals surface area contributed by atoms with Crippen LogP contribution in [0.3, 0.4) is 0 Å². The van der Waals surface area contributed by atoms with Crippen LogP contribution in [-0.4, -0.2) is 37.0 Å². The normalized spacial score (nSPS) is 11.0. The lowest BCUT2D eigenvalue weighted by Crippen LogP contribution is -2.34. The number of nitrogens with zero attached hydrogens (tertiary/aromatic N) is 1. The van der Waals surface area contributed by atoms with Crippen LogP contribution in [0.2, 0.25) is 0 Å². The Morgan fingerprint density at radius 3 is 2.22 bits per heavy atom. The number of carbonyl (C=O) groups is 1. The summed E-state index contributed by atoms with van der Waals surface area (Å²) in [6.07, 6.45) is 0. The lowest BCUT2D eigenvalue weighted by Gasteiger charge is -2.18. The highest BCUT2D eigenvalue weighted by atomic mass is 16.1. The number of carbonyl (C=O) groups excluding carboxylic acids is 1. The summed E-state index contributed by atoms with van der Waals surface area (Å²) in [5, 5.41) is 5.20. The Kier molecular flexibility index (Phi) is 5.94. The number of hydrogen-bond acceptors (Lipinski definition) is 2. The molecule has 0 saturated carbocycles. The van der Waals surface area contributed by atoms with Crippen molar-refractivity contribution >= 4 is 22.3 Å². The lowest BCUT2D eigenvalue weighted by molar-refractivity contribution is 0.0949. The molecule has 2 aromatic rings. The highest BCUT2D eigenvalue weighted by molar-refractivity contribution is 5.99. The molecule has 2 aromatic carbocycles. The zero-order valence-electron chi connectivity index (χ0n) is 14.4. The van der Waals surface area contributed by atoms with E-state index in [4.69, 9.17) is 0 Å². The van der Waals surface area contributed by atoms with Crippen molar-refractivity contribution in [2.75, 3.05) is 26.2 Å². The number of amides is 1. The molecule has 2 rings (SSSR count). The second kappa shape index (κ2) is 7.93. The van der Waals surface area contributed by atoms with Gasteiger partial charge in [-0.2, -0.15) is 0 Å². The minimum absolute atomic E-state index is 0. The highest BCUT2D eigenvalue weighted by Gasteiger charge is 2.07. The molecule has 0 bridgehead atoms. The van der Waals surface area contributed by atoms with Crippen molar-refractivity contribution in [1.82, 2.24) is 10.2 Å². The minimum atomic E-state index is -0.0111. The fourth-order valence-corrected chi connectivity index (χ4v) is 2.62. The van der Waals surface area contributed by atoms with Gasteiger partial charge in [0, 0.05) is 20.1 Å². The molecule has 0 radical (unpaired) electrons. The molecular formula is C20H28N2O. The topological polar surface area (TPSA) is 32.3 Å². The summed E-state index contributed by atoms with van der Waals surface area (Å²) in [5.41, 5.74) is 2.89. The van der Waals surface area contributed by atoms with E-state index >= 15 is 0 Å². The predicted molar refractivity (Wildman–Crippen MR) is 101 cm³/mol. The second-order valence-corrected chi connectivity index (χ2v) is 5.84. The van der Waals surface area contributed by atoms with Crippen LogP contribution in [0.15, 0.2) is 43.0 Å². The Morgan fingerprint density at radius 2 is 1.65 bits per heavy atom. The van der Waals surface area contributed by atoms with E-state index in [2.05, 4.69) is 36.7 Å². The standard InChI is InChI=1S/C20H26N2O.H2/c1-5-22(6-2)12-11-21-20(23)19-10-9-17-13-16(15(3)4)7-8-18(17)14-19;/h7-10,13-14H,3,5-6,11-12H2,1-2,4H3,(H,21,23);1H. The second-order valence-electron chi connectivity index (χ2n) is 5.84. The smallest absolute Gasteiger partial charge is 0.251 e. The summed E-state index contributed by atoms with van der Waals surface area (Å²) in [6.45, 7) is 13.8. The molecule has 0 unspecified atom stereocenters. The van der Waals surface area contributed by atoms with Crippen molar-refractivity contribution in [2.45, 2.75) is 20.8 Å². The molecule has 3 nitrogen and oxygen atoms in total. The van der Waals surface area contributed by atoms with E-state index in [0.717, 1.165) is 41.5 Å². The van der Waals surface area contributed by atoms with E-state index in [1.54, 1.807) is 0 Å². The number of rotatable bonds is 7. The molecule has 0 fully saturated rings. The quantitative estimate of drug-likeness (QED) is 0.831. The van der Waals surface area contributed by atoms with Gasteiger partial charge in [0.25, 0.3) is 5.91 Å². The SMILES string of the molecule is C=C(C)c1ccc2cc(C(=O)NCCN(CC)CC)ccc2c1.[HH]. The molecule has 1 N–H and O–H groups in total. The van der Waals surface area contributed by atoms with Crippen LogP contribution < -0.4 is 5.32 Å². The van der Waals surface area contributed by atoms with Gasteiger partial charge in [-0.1, -0.05) is 44.2 Å². The van der Waals surface area contributed by atoms with E-state index in [1.165, 1.54) is 0 Å². The molecule has 0 saturated heterocycles. The van der Waals surface area contributed by atoms with Gasteiger partial charge in [-0.3, -0.25) is 4.79 Å². The van der Waals surface area contributed by atoms with Crippen LogP contribution in [0.25, 0.3) is 16.3 Å². The first-order chi connectivity index (χ1) is 11.0. The maximum Gasteiger partial charge on any atom is 0.251 e. The third kappa shape index (κ3) is 4.42. The molecule has 0 aliphatic heterocycles. The van der Waals surface area contributed by atoms with Gasteiger partial charge in [-0.15, -0.1) is 0 Å². The van der Waals surface area contributed by atoms with Crippen LogP contribution in [-0.2, 0) is 0 Å². The van der Waals surface area contributed by atoms with Crippen molar-refractivity contribution in [2.24, 2.45) is 0 Å². The molecule has 0 aliphatic carbocycles. The molecule has 0 aliphatic rings. The fourth-order valence-electron chi connectivity index (χ4n) is 2.62. The molecule has 1 amide bonds. The summed E-state index contributed by atoms with van der Waals surface area (Å²) < 4.78 is 0. The first-order valence-electron chi connectivity index (χ1n) is 8.25. The summed E-state index contributed by atoms with van der Waals surface area (Å²) in [6, 6.07) is 12.0. The zero-order chi connectivity index (χ0) is 16.8. The van der Waals surface area contributed by atoms with Crippen LogP contribution in [0, 0.1) is 0 Å². The summed E-state index contributed by atoms with van der Waals surface area (Å²) >= 11 is 0. The average Bonchev–Trinajstić information content (AvgIpc) is 2.57. The van der Waals surface area contributed by atoms with Crippen molar-refractivity contribution in [3.8, 4) is 0 Å². The largest absolute Gasteiger partial charge is 0.351 e. The van der Waals surface area contributed by atoms with Crippen LogP contribution >= 0.6 is 0 Å². The maximum atomic E-state index is 12.3. The summed E-state index contributed by atoms with van der Waals surface area (Å²) in [5.74, 6) is -0.0111. The first kappa shape index (κ1) is 17.2. The average molecular weight is 312 g/mol. The molecule has 23 heavy (non-hydrogen) atoms. The number of benzene rings is 2. The Balaban J connectivity index is 0.00000288. The molecular weight excluding hydrogens is 284 g/mol. The van der Waals surface area contributed by atoms with Gasteiger partial charge in [0.2, 0.25) is 0 Å². The van der Waals surface area contributed by atoms with E-state index in [1.807, 2.05) is 37.3 Å². The van der Waals surface area contributed by atoms with Crippen LogP contribution in [0.1, 0.15) is 38.1 Å². The Bertz CT molecular complexity index is 708. The zero-order valence-corrected chi connectivity index (χ0v) is 14.4. The highest BCUT2D eigenvalue weighted by Crippen LogP contribution is 2.21. The van der Waals surface area contributed by atoms with Gasteiger partial charge in [-0.25, -0.2) is 0 Å². The van der Waals surface area contributed by atoms with Crippen molar-refractivity contribution in [3.63, 3.8) is 0 Å². The Hall–Kier alpha value is -2.13. The van der Waals surface area contributed by atoms with E-state index in [9.17, 15) is 4.79 Å². The first-order valence-corrected chi connectivity index (χ1v) is 8.25. The molecule has 124 valence electrons. The van der Waals surface area contributed by atoms with E-state index < -0.39 is 0 Å². The number of fused-ring (bicyclic) bond motifs is 1. The van der Waals surface area contributed by atoms with Gasteiger partial charge in [-0.05, 0) is 54.5 Å². The van der Waals surface area contributed by atoms with Gasteiger partial charge >= 0.3 is 0 Å². The van der Waals surface area contributed by atoms with Crippen molar-refractivity contribution < 1.29 is 6.22 Å². The Morgan fingerprint density at radius 1 is 1.09 bits per heavy atom. The van der Waals surface area contributed by atoms with E-state index in [-0.39, 0.29) is 7.33 Å². The summed E-state index contributed by atoms with van der Waals surface area (Å²) in [7, 11) is 0. The predicted octanol–water partition coefficient (Wildman–Crippen LogP) is 4.19. The Labute approximate surface area is 140 Å². The van der Waals surface area contributed by atoms with Gasteiger partial charge < -0.3 is 10.2 Å². The molecule has 3 heteroatoms. The van der Waals surface area contributed by atoms with Crippen LogP contribution in [0.5, 0.6) is 0 Å². The number of allylic oxidation sites excluding steroid dienone is 1. The molecule has 0 heterocycles. The molecule has 0 spiro atoms. The summed E-state index contributed by atoms with van der Waals surface area (Å²) in [4.78, 5) is 14.6. The van der Waals surface area contributed by atoms with Crippen LogP contribution in [0.4, 0.5) is 0 Å². The third-order valence-electron chi connectivity index (χ3n) is 4.20. The number of likely N-dealkylation sites (N-methyl/N-ethyl adjacent to an activating group) is 1. The van der Waals surface area contributed by atoms with E-state index in [0.29, 0.717) is 12.1 Å². The van der Waals surface area contributed by atoms with Crippen molar-refractivity contribution in [3.05, 3.63) is 54.1 Å². The maximum absolute atomic E-state index is 12.3. The third-order valence-corrected chi connectivity index (χ3v) is 4.20. The van der Waals surface area contributed by atoms with Gasteiger partial charge in [0.1, 0.15) is 0 Å². The van der Waals surface area contributed by atoms with Gasteiger partial charge in [0.15, 0.2) is 0 Å². The minimum Gasteiger partial charge on any atom is -0.351 e. The number of hydrogen-bond donors (Lipinski definition) is 1. The fraction of sp³-hybridized carbons (Fsp3) is 0.350. The monoisotopic (exact) mass is 312 g/mol.